The van der Waals surface area contributed by atoms with Crippen LogP contribution in [0.2, 0.25) is 24.8 Å². The molecule has 0 fully saturated rings. The molecule has 2 heterocycles. The lowest BCUT2D eigenvalue weighted by molar-refractivity contribution is 0.289. The Kier molecular flexibility index (Phi) is 6.09. The molecule has 3 aromatic rings. The van der Waals surface area contributed by atoms with Gasteiger partial charge in [-0.2, -0.15) is 5.10 Å². The largest absolute Gasteiger partial charge is 0.490 e. The first-order chi connectivity index (χ1) is 13.2. The number of nitrogens with zero attached hydrogens (tertiary/aromatic N) is 2. The molecule has 0 bridgehead atoms. The Bertz CT molecular complexity index is 1050. The van der Waals surface area contributed by atoms with E-state index in [1.54, 1.807) is 6.20 Å². The number of pyridine rings is 1. The van der Waals surface area contributed by atoms with Crippen molar-refractivity contribution in [1.82, 2.24) is 15.2 Å². The lowest BCUT2D eigenvalue weighted by atomic mass is 10.0. The van der Waals surface area contributed by atoms with Crippen molar-refractivity contribution < 1.29 is 4.74 Å². The fourth-order valence-electron chi connectivity index (χ4n) is 2.73. The van der Waals surface area contributed by atoms with Gasteiger partial charge in [-0.1, -0.05) is 37.3 Å². The fraction of sp³-hybridized carbons (Fsp3) is 0.333. The van der Waals surface area contributed by atoms with E-state index in [2.05, 4.69) is 52.4 Å². The van der Waals surface area contributed by atoms with Gasteiger partial charge in [-0.25, -0.2) is 4.98 Å². The quantitative estimate of drug-likeness (QED) is 0.365. The molecule has 1 aromatic carbocycles. The standard InChI is InChI=1S/C21H25ClN4OSi/c1-14-18-10-15(7-8-20(18)26-25-14)19-11-17(12-24-21(19)22)27-13-16(23)6-5-9-28(2,3)4/h7-8,10-12,16H,6,13,23H2,1-4H3,(H,25,26)/t16-/m0/s1. The third-order valence-corrected chi connectivity index (χ3v) is 5.39. The number of aromatic nitrogens is 3. The molecular formula is C21H25ClN4OSi. The maximum absolute atomic E-state index is 6.34. The number of H-pyrrole nitrogens is 1. The highest BCUT2D eigenvalue weighted by molar-refractivity contribution is 6.83. The molecule has 146 valence electrons. The van der Waals surface area contributed by atoms with Crippen LogP contribution < -0.4 is 10.5 Å². The molecule has 0 saturated carbocycles. The maximum atomic E-state index is 6.34. The zero-order valence-corrected chi connectivity index (χ0v) is 18.4. The third kappa shape index (κ3) is 5.13. The highest BCUT2D eigenvalue weighted by atomic mass is 35.5. The lowest BCUT2D eigenvalue weighted by Gasteiger charge is -2.12. The molecule has 1 atom stereocenters. The molecule has 0 saturated heterocycles. The number of rotatable bonds is 5. The van der Waals surface area contributed by atoms with Gasteiger partial charge in [0.25, 0.3) is 0 Å². The number of fused-ring (bicyclic) bond motifs is 1. The first-order valence-corrected chi connectivity index (χ1v) is 13.1. The number of benzene rings is 1. The van der Waals surface area contributed by atoms with Gasteiger partial charge in [-0.05, 0) is 30.7 Å². The highest BCUT2D eigenvalue weighted by Crippen LogP contribution is 2.32. The zero-order valence-electron chi connectivity index (χ0n) is 16.6. The molecule has 7 heteroatoms. The van der Waals surface area contributed by atoms with Crippen LogP contribution in [0.4, 0.5) is 0 Å². The van der Waals surface area contributed by atoms with Crippen molar-refractivity contribution in [2.75, 3.05) is 6.61 Å². The maximum Gasteiger partial charge on any atom is 0.138 e. The molecule has 0 aliphatic heterocycles. The summed E-state index contributed by atoms with van der Waals surface area (Å²) < 4.78 is 5.84. The van der Waals surface area contributed by atoms with Gasteiger partial charge in [0.15, 0.2) is 0 Å². The van der Waals surface area contributed by atoms with Gasteiger partial charge < -0.3 is 10.5 Å². The molecule has 0 aliphatic carbocycles. The average Bonchev–Trinajstić information content (AvgIpc) is 3.00. The number of halogens is 1. The Morgan fingerprint density at radius 2 is 2.07 bits per heavy atom. The summed E-state index contributed by atoms with van der Waals surface area (Å²) in [4.78, 5) is 4.27. The predicted molar refractivity (Wildman–Crippen MR) is 118 cm³/mol. The van der Waals surface area contributed by atoms with Gasteiger partial charge in [0, 0.05) is 29.1 Å². The van der Waals surface area contributed by atoms with Crippen molar-refractivity contribution >= 4 is 30.6 Å². The summed E-state index contributed by atoms with van der Waals surface area (Å²) in [5, 5.41) is 8.74. The Hall–Kier alpha value is -2.33. The first-order valence-electron chi connectivity index (χ1n) is 9.22. The molecular weight excluding hydrogens is 388 g/mol. The molecule has 0 radical (unpaired) electrons. The molecule has 28 heavy (non-hydrogen) atoms. The van der Waals surface area contributed by atoms with Gasteiger partial charge in [0.1, 0.15) is 25.6 Å². The molecule has 0 unspecified atom stereocenters. The van der Waals surface area contributed by atoms with Crippen LogP contribution in [0.1, 0.15) is 12.1 Å². The van der Waals surface area contributed by atoms with E-state index in [1.807, 2.05) is 25.1 Å². The number of hydrogen-bond donors (Lipinski definition) is 2. The Labute approximate surface area is 171 Å². The second-order valence-electron chi connectivity index (χ2n) is 7.92. The average molecular weight is 413 g/mol. The van der Waals surface area contributed by atoms with E-state index in [0.29, 0.717) is 23.9 Å². The fourth-order valence-corrected chi connectivity index (χ4v) is 3.57. The Morgan fingerprint density at radius 1 is 1.29 bits per heavy atom. The number of nitrogens with two attached hydrogens (primary N) is 1. The smallest absolute Gasteiger partial charge is 0.138 e. The van der Waals surface area contributed by atoms with Gasteiger partial charge >= 0.3 is 0 Å². The van der Waals surface area contributed by atoms with Crippen LogP contribution in [0.5, 0.6) is 5.75 Å². The van der Waals surface area contributed by atoms with Crippen LogP contribution in [-0.4, -0.2) is 35.9 Å². The van der Waals surface area contributed by atoms with Crippen LogP contribution >= 0.6 is 11.6 Å². The molecule has 0 spiro atoms. The number of aryl methyl sites for hydroxylation is 1. The van der Waals surface area contributed by atoms with Crippen molar-refractivity contribution in [2.24, 2.45) is 5.73 Å². The molecule has 0 aliphatic rings. The number of ether oxygens (including phenoxy) is 1. The second-order valence-corrected chi connectivity index (χ2v) is 13.0. The molecule has 5 nitrogen and oxygen atoms in total. The summed E-state index contributed by atoms with van der Waals surface area (Å²) in [6.45, 7) is 9.01. The van der Waals surface area contributed by atoms with Gasteiger partial charge in [-0.3, -0.25) is 5.10 Å². The highest BCUT2D eigenvalue weighted by Gasteiger charge is 2.11. The minimum atomic E-state index is -1.37. The van der Waals surface area contributed by atoms with Crippen molar-refractivity contribution in [1.29, 1.82) is 0 Å². The van der Waals surface area contributed by atoms with Crippen molar-refractivity contribution in [2.45, 2.75) is 39.0 Å². The van der Waals surface area contributed by atoms with Crippen LogP contribution in [0, 0.1) is 18.4 Å². The van der Waals surface area contributed by atoms with E-state index < -0.39 is 8.07 Å². The predicted octanol–water partition coefficient (Wildman–Crippen LogP) is 4.56. The van der Waals surface area contributed by atoms with Crippen LogP contribution in [0.3, 0.4) is 0 Å². The van der Waals surface area contributed by atoms with Gasteiger partial charge in [-0.15, -0.1) is 11.5 Å². The number of aromatic amines is 1. The summed E-state index contributed by atoms with van der Waals surface area (Å²) in [6.07, 6.45) is 2.24. The minimum absolute atomic E-state index is 0.145. The van der Waals surface area contributed by atoms with Gasteiger partial charge in [0.2, 0.25) is 0 Å². The Balaban J connectivity index is 1.73. The monoisotopic (exact) mass is 412 g/mol. The minimum Gasteiger partial charge on any atom is -0.490 e. The molecule has 3 rings (SSSR count). The van der Waals surface area contributed by atoms with Crippen molar-refractivity contribution in [3.8, 4) is 28.3 Å². The molecule has 2 aromatic heterocycles. The molecule has 0 amide bonds. The summed E-state index contributed by atoms with van der Waals surface area (Å²) in [5.74, 6) is 3.82. The van der Waals surface area contributed by atoms with Gasteiger partial charge in [0.05, 0.1) is 11.7 Å². The van der Waals surface area contributed by atoms with Crippen molar-refractivity contribution in [3.63, 3.8) is 0 Å². The van der Waals surface area contributed by atoms with Crippen LogP contribution in [-0.2, 0) is 0 Å². The summed E-state index contributed by atoms with van der Waals surface area (Å²) >= 11 is 6.34. The second kappa shape index (κ2) is 8.35. The van der Waals surface area contributed by atoms with E-state index >= 15 is 0 Å². The van der Waals surface area contributed by atoms with E-state index in [9.17, 15) is 0 Å². The number of hydrogen-bond acceptors (Lipinski definition) is 4. The van der Waals surface area contributed by atoms with E-state index in [0.717, 1.165) is 27.7 Å². The summed E-state index contributed by atoms with van der Waals surface area (Å²) in [6, 6.07) is 7.75. The van der Waals surface area contributed by atoms with Crippen LogP contribution in [0.15, 0.2) is 30.5 Å². The first kappa shape index (κ1) is 20.4. The zero-order chi connectivity index (χ0) is 20.3. The SMILES string of the molecule is Cc1[nH]nc2ccc(-c3cc(OC[C@@H](N)CC#C[Si](C)(C)C)cnc3Cl)cc12. The Morgan fingerprint density at radius 3 is 2.82 bits per heavy atom. The van der Waals surface area contributed by atoms with Crippen molar-refractivity contribution in [3.05, 3.63) is 41.3 Å². The van der Waals surface area contributed by atoms with E-state index in [1.165, 1.54) is 0 Å². The topological polar surface area (TPSA) is 76.8 Å². The summed E-state index contributed by atoms with van der Waals surface area (Å²) in [7, 11) is -1.37. The van der Waals surface area contributed by atoms with E-state index in [-0.39, 0.29) is 6.04 Å². The van der Waals surface area contributed by atoms with E-state index in [4.69, 9.17) is 22.1 Å². The molecule has 3 N–H and O–H groups in total. The summed E-state index contributed by atoms with van der Waals surface area (Å²) in [5.41, 5.74) is 13.2. The number of nitrogens with one attached hydrogen (secondary N) is 1. The third-order valence-electron chi connectivity index (χ3n) is 4.16. The van der Waals surface area contributed by atoms with Crippen LogP contribution in [0.25, 0.3) is 22.0 Å². The lowest BCUT2D eigenvalue weighted by Crippen LogP contribution is -2.27. The normalized spacial score (nSPS) is 12.5.